The average Bonchev–Trinajstić information content (AvgIpc) is 2.74. The average molecular weight is 575 g/mol. The van der Waals surface area contributed by atoms with Crippen LogP contribution in [-0.4, -0.2) is 51.0 Å². The van der Waals surface area contributed by atoms with Crippen molar-refractivity contribution in [1.82, 2.24) is 10.2 Å². The first kappa shape index (κ1) is 29.0. The van der Waals surface area contributed by atoms with Crippen molar-refractivity contribution < 1.29 is 31.2 Å². The molecule has 0 spiro atoms. The number of hydrogen-bond donors (Lipinski definition) is 1. The lowest BCUT2D eigenvalue weighted by molar-refractivity contribution is -0.139. The van der Waals surface area contributed by atoms with E-state index in [1.54, 1.807) is 0 Å². The summed E-state index contributed by atoms with van der Waals surface area (Å²) in [4.78, 5) is 26.7. The van der Waals surface area contributed by atoms with E-state index in [2.05, 4.69) is 5.32 Å². The minimum atomic E-state index is -4.78. The molecule has 2 aromatic carbocycles. The number of carbonyl (C=O) groups is 2. The van der Waals surface area contributed by atoms with Gasteiger partial charge in [-0.1, -0.05) is 40.9 Å². The Bertz CT molecular complexity index is 1230. The van der Waals surface area contributed by atoms with Crippen molar-refractivity contribution in [3.05, 3.63) is 62.6 Å². The van der Waals surface area contributed by atoms with E-state index in [-0.39, 0.29) is 16.6 Å². The molecule has 192 valence electrons. The number of alkyl halides is 3. The van der Waals surface area contributed by atoms with Crippen LogP contribution in [0.25, 0.3) is 0 Å². The number of likely N-dealkylation sites (N-methyl/N-ethyl adjacent to an activating group) is 1. The molecule has 2 amide bonds. The summed E-state index contributed by atoms with van der Waals surface area (Å²) in [5, 5.41) is 2.60. The van der Waals surface area contributed by atoms with Crippen LogP contribution < -0.4 is 9.62 Å². The highest BCUT2D eigenvalue weighted by Gasteiger charge is 2.34. The summed E-state index contributed by atoms with van der Waals surface area (Å²) in [5.74, 6) is -1.45. The summed E-state index contributed by atoms with van der Waals surface area (Å²) in [6.07, 6.45) is -4.06. The minimum absolute atomic E-state index is 0.195. The summed E-state index contributed by atoms with van der Waals surface area (Å²) < 4.78 is 65.2. The summed E-state index contributed by atoms with van der Waals surface area (Å²) >= 11 is 18.1. The van der Waals surface area contributed by atoms with Gasteiger partial charge in [-0.2, -0.15) is 13.2 Å². The van der Waals surface area contributed by atoms with Gasteiger partial charge in [0.1, 0.15) is 12.6 Å². The summed E-state index contributed by atoms with van der Waals surface area (Å²) in [6, 6.07) is 5.51. The molecule has 7 nitrogen and oxygen atoms in total. The maximum atomic E-state index is 13.3. The molecule has 0 radical (unpaired) electrons. The van der Waals surface area contributed by atoms with Crippen LogP contribution in [0.5, 0.6) is 0 Å². The number of halogens is 6. The molecule has 0 bridgehead atoms. The third kappa shape index (κ3) is 7.39. The van der Waals surface area contributed by atoms with Gasteiger partial charge in [-0.15, -0.1) is 0 Å². The van der Waals surface area contributed by atoms with Crippen molar-refractivity contribution in [2.75, 3.05) is 24.2 Å². The van der Waals surface area contributed by atoms with Gasteiger partial charge in [-0.05, 0) is 42.8 Å². The van der Waals surface area contributed by atoms with Crippen molar-refractivity contribution in [2.24, 2.45) is 0 Å². The Labute approximate surface area is 215 Å². The number of rotatable bonds is 8. The molecule has 14 heteroatoms. The van der Waals surface area contributed by atoms with Crippen LogP contribution in [-0.2, 0) is 32.3 Å². The first-order valence-electron chi connectivity index (χ1n) is 9.85. The number of sulfonamides is 1. The number of benzene rings is 2. The molecule has 2 aromatic rings. The zero-order valence-corrected chi connectivity index (χ0v) is 21.7. The second kappa shape index (κ2) is 11.2. The molecule has 0 aliphatic carbocycles. The minimum Gasteiger partial charge on any atom is -0.357 e. The van der Waals surface area contributed by atoms with E-state index in [0.717, 1.165) is 17.2 Å². The summed E-state index contributed by atoms with van der Waals surface area (Å²) in [7, 11) is -2.93. The Kier molecular flexibility index (Phi) is 9.32. The van der Waals surface area contributed by atoms with Gasteiger partial charge >= 0.3 is 6.18 Å². The molecule has 2 rings (SSSR count). The van der Waals surface area contributed by atoms with Crippen LogP contribution in [0.2, 0.25) is 15.1 Å². The van der Waals surface area contributed by atoms with E-state index in [1.165, 1.54) is 32.2 Å². The third-order valence-corrected chi connectivity index (χ3v) is 7.02. The van der Waals surface area contributed by atoms with Crippen LogP contribution in [0, 0.1) is 0 Å². The van der Waals surface area contributed by atoms with Crippen molar-refractivity contribution in [3.8, 4) is 0 Å². The Balaban J connectivity index is 2.52. The normalized spacial score (nSPS) is 12.7. The third-order valence-electron chi connectivity index (χ3n) is 4.99. The van der Waals surface area contributed by atoms with Crippen molar-refractivity contribution in [3.63, 3.8) is 0 Å². The van der Waals surface area contributed by atoms with Gasteiger partial charge in [0.05, 0.1) is 22.5 Å². The highest BCUT2D eigenvalue weighted by molar-refractivity contribution is 7.92. The van der Waals surface area contributed by atoms with Crippen molar-refractivity contribution in [1.29, 1.82) is 0 Å². The van der Waals surface area contributed by atoms with Gasteiger partial charge in [-0.3, -0.25) is 13.9 Å². The first-order chi connectivity index (χ1) is 16.1. The molecule has 0 fully saturated rings. The zero-order valence-electron chi connectivity index (χ0n) is 18.7. The van der Waals surface area contributed by atoms with Crippen LogP contribution in [0.3, 0.4) is 0 Å². The number of nitrogens with one attached hydrogen (secondary N) is 1. The fraction of sp³-hybridized carbons (Fsp3) is 0.333. The van der Waals surface area contributed by atoms with Gasteiger partial charge in [0, 0.05) is 23.6 Å². The van der Waals surface area contributed by atoms with E-state index in [4.69, 9.17) is 34.8 Å². The lowest BCUT2D eigenvalue weighted by Gasteiger charge is -2.31. The molecule has 35 heavy (non-hydrogen) atoms. The SMILES string of the molecule is CNC(=O)[C@H](C)N(Cc1ccc(Cl)cc1Cl)C(=O)CN(c1cc(C(F)(F)F)ccc1Cl)S(C)(=O)=O. The lowest BCUT2D eigenvalue weighted by Crippen LogP contribution is -2.50. The molecule has 1 N–H and O–H groups in total. The fourth-order valence-electron chi connectivity index (χ4n) is 3.10. The van der Waals surface area contributed by atoms with E-state index in [9.17, 15) is 31.2 Å². The predicted octanol–water partition coefficient (Wildman–Crippen LogP) is 4.59. The summed E-state index contributed by atoms with van der Waals surface area (Å²) in [5.41, 5.74) is -1.28. The topological polar surface area (TPSA) is 86.8 Å². The fourth-order valence-corrected chi connectivity index (χ4v) is 4.69. The van der Waals surface area contributed by atoms with Gasteiger partial charge in [0.25, 0.3) is 0 Å². The van der Waals surface area contributed by atoms with Crippen molar-refractivity contribution in [2.45, 2.75) is 25.7 Å². The number of anilines is 1. The van der Waals surface area contributed by atoms with Crippen LogP contribution >= 0.6 is 34.8 Å². The predicted molar refractivity (Wildman–Crippen MR) is 129 cm³/mol. The molecule has 0 saturated heterocycles. The maximum absolute atomic E-state index is 13.3. The highest BCUT2D eigenvalue weighted by Crippen LogP contribution is 2.36. The van der Waals surface area contributed by atoms with Crippen LogP contribution in [0.15, 0.2) is 36.4 Å². The lowest BCUT2D eigenvalue weighted by atomic mass is 10.1. The quantitative estimate of drug-likeness (QED) is 0.500. The highest BCUT2D eigenvalue weighted by atomic mass is 35.5. The van der Waals surface area contributed by atoms with Gasteiger partial charge in [-0.25, -0.2) is 8.42 Å². The van der Waals surface area contributed by atoms with Gasteiger partial charge in [0.15, 0.2) is 0 Å². The Morgan fingerprint density at radius 2 is 1.69 bits per heavy atom. The van der Waals surface area contributed by atoms with Crippen LogP contribution in [0.4, 0.5) is 18.9 Å². The Hall–Kier alpha value is -2.21. The molecule has 1 atom stereocenters. The van der Waals surface area contributed by atoms with E-state index in [0.29, 0.717) is 27.0 Å². The smallest absolute Gasteiger partial charge is 0.357 e. The van der Waals surface area contributed by atoms with Crippen molar-refractivity contribution >= 4 is 62.3 Å². The molecular formula is C21H21Cl3F3N3O4S. The van der Waals surface area contributed by atoms with E-state index < -0.39 is 51.9 Å². The molecule has 0 aliphatic rings. The number of amides is 2. The molecular weight excluding hydrogens is 554 g/mol. The summed E-state index contributed by atoms with van der Waals surface area (Å²) in [6.45, 7) is 0.270. The first-order valence-corrected chi connectivity index (χ1v) is 12.8. The molecule has 0 aliphatic heterocycles. The molecule has 0 unspecified atom stereocenters. The van der Waals surface area contributed by atoms with E-state index >= 15 is 0 Å². The zero-order chi connectivity index (χ0) is 26.7. The van der Waals surface area contributed by atoms with Gasteiger partial charge < -0.3 is 10.2 Å². The molecule has 0 aromatic heterocycles. The maximum Gasteiger partial charge on any atom is 0.416 e. The Morgan fingerprint density at radius 3 is 2.20 bits per heavy atom. The van der Waals surface area contributed by atoms with Gasteiger partial charge in [0.2, 0.25) is 21.8 Å². The largest absolute Gasteiger partial charge is 0.416 e. The Morgan fingerprint density at radius 1 is 1.06 bits per heavy atom. The number of carbonyl (C=O) groups excluding carboxylic acids is 2. The van der Waals surface area contributed by atoms with Crippen LogP contribution in [0.1, 0.15) is 18.1 Å². The monoisotopic (exact) mass is 573 g/mol. The number of hydrogen-bond acceptors (Lipinski definition) is 4. The molecule has 0 heterocycles. The second-order valence-corrected chi connectivity index (χ2v) is 10.6. The second-order valence-electron chi connectivity index (χ2n) is 7.48. The standard InChI is InChI=1S/C21H21Cl3F3N3O4S/c1-12(20(32)28-2)29(10-13-4-6-15(22)9-17(13)24)19(31)11-30(35(3,33)34)18-8-14(21(25,26)27)5-7-16(18)23/h4-9,12H,10-11H2,1-3H3,(H,28,32)/t12-/m0/s1. The molecule has 0 saturated carbocycles. The number of nitrogens with zero attached hydrogens (tertiary/aromatic N) is 2. The van der Waals surface area contributed by atoms with E-state index in [1.807, 2.05) is 0 Å².